The zero-order valence-corrected chi connectivity index (χ0v) is 13.5. The van der Waals surface area contributed by atoms with E-state index in [1.54, 1.807) is 36.4 Å². The minimum atomic E-state index is -0.170. The molecule has 1 N–H and O–H groups in total. The number of anilines is 1. The van der Waals surface area contributed by atoms with Crippen molar-refractivity contribution in [3.63, 3.8) is 0 Å². The monoisotopic (exact) mass is 331 g/mol. The van der Waals surface area contributed by atoms with Crippen LogP contribution in [0.3, 0.4) is 0 Å². The third kappa shape index (κ3) is 4.54. The van der Waals surface area contributed by atoms with Crippen LogP contribution in [0.25, 0.3) is 0 Å². The van der Waals surface area contributed by atoms with E-state index >= 15 is 0 Å². The van der Waals surface area contributed by atoms with Gasteiger partial charge in [0, 0.05) is 16.8 Å². The van der Waals surface area contributed by atoms with Crippen LogP contribution < -0.4 is 10.1 Å². The highest BCUT2D eigenvalue weighted by atomic mass is 16.5. The molecule has 1 amide bonds. The molecule has 0 aromatic heterocycles. The van der Waals surface area contributed by atoms with E-state index in [1.807, 2.05) is 42.5 Å². The van der Waals surface area contributed by atoms with Crippen molar-refractivity contribution < 1.29 is 14.3 Å². The second-order valence-electron chi connectivity index (χ2n) is 5.50. The molecule has 0 saturated heterocycles. The molecule has 0 fully saturated rings. The minimum absolute atomic E-state index is 0.170. The number of carbonyl (C=O) groups is 2. The molecule has 3 rings (SSSR count). The van der Waals surface area contributed by atoms with Crippen LogP contribution in [-0.2, 0) is 6.61 Å². The first-order valence-corrected chi connectivity index (χ1v) is 7.88. The lowest BCUT2D eigenvalue weighted by molar-refractivity contribution is 0.102. The molecule has 0 unspecified atom stereocenters. The van der Waals surface area contributed by atoms with Gasteiger partial charge in [-0.25, -0.2) is 0 Å². The van der Waals surface area contributed by atoms with Gasteiger partial charge < -0.3 is 10.1 Å². The molecule has 0 atom stereocenters. The van der Waals surface area contributed by atoms with Crippen molar-refractivity contribution in [2.75, 3.05) is 5.32 Å². The van der Waals surface area contributed by atoms with Gasteiger partial charge in [0.1, 0.15) is 18.6 Å². The first-order chi connectivity index (χ1) is 12.2. The normalized spacial score (nSPS) is 10.1. The number of benzene rings is 3. The molecule has 0 aliphatic rings. The van der Waals surface area contributed by atoms with Crippen LogP contribution >= 0.6 is 0 Å². The molecule has 0 bridgehead atoms. The molecule has 0 heterocycles. The molecule has 124 valence electrons. The smallest absolute Gasteiger partial charge is 0.255 e. The molecule has 0 radical (unpaired) electrons. The van der Waals surface area contributed by atoms with E-state index in [0.717, 1.165) is 17.5 Å². The van der Waals surface area contributed by atoms with Gasteiger partial charge in [-0.2, -0.15) is 0 Å². The standard InChI is InChI=1S/C21H17NO3/c23-14-16-6-5-11-20(13-16)25-15-17-7-4-8-18(12-17)21(24)22-19-9-2-1-3-10-19/h1-14H,15H2,(H,22,24). The Morgan fingerprint density at radius 2 is 1.72 bits per heavy atom. The molecule has 0 aliphatic carbocycles. The summed E-state index contributed by atoms with van der Waals surface area (Å²) in [6.07, 6.45) is 0.779. The van der Waals surface area contributed by atoms with Crippen molar-refractivity contribution in [3.05, 3.63) is 95.6 Å². The summed E-state index contributed by atoms with van der Waals surface area (Å²) in [6.45, 7) is 0.314. The number of ether oxygens (including phenoxy) is 1. The van der Waals surface area contributed by atoms with Crippen molar-refractivity contribution >= 4 is 17.9 Å². The molecule has 3 aromatic rings. The number of hydrogen-bond acceptors (Lipinski definition) is 3. The summed E-state index contributed by atoms with van der Waals surface area (Å²) in [5.41, 5.74) is 2.75. The fraction of sp³-hybridized carbons (Fsp3) is 0.0476. The predicted molar refractivity (Wildman–Crippen MR) is 97.0 cm³/mol. The van der Waals surface area contributed by atoms with Crippen LogP contribution in [0.5, 0.6) is 5.75 Å². The van der Waals surface area contributed by atoms with E-state index in [0.29, 0.717) is 23.5 Å². The van der Waals surface area contributed by atoms with Crippen LogP contribution in [0, 0.1) is 0 Å². The molecule has 4 heteroatoms. The van der Waals surface area contributed by atoms with Crippen LogP contribution in [0.4, 0.5) is 5.69 Å². The minimum Gasteiger partial charge on any atom is -0.489 e. The molecule has 3 aromatic carbocycles. The highest BCUT2D eigenvalue weighted by Crippen LogP contribution is 2.15. The first kappa shape index (κ1) is 16.5. The Labute approximate surface area is 146 Å². The van der Waals surface area contributed by atoms with Crippen molar-refractivity contribution in [2.45, 2.75) is 6.61 Å². The maximum Gasteiger partial charge on any atom is 0.255 e. The van der Waals surface area contributed by atoms with Gasteiger partial charge in [0.15, 0.2) is 0 Å². The summed E-state index contributed by atoms with van der Waals surface area (Å²) in [5.74, 6) is 0.444. The molecule has 4 nitrogen and oxygen atoms in total. The summed E-state index contributed by atoms with van der Waals surface area (Å²) < 4.78 is 5.70. The van der Waals surface area contributed by atoms with Crippen molar-refractivity contribution in [3.8, 4) is 5.75 Å². The van der Waals surface area contributed by atoms with Crippen LogP contribution in [0.2, 0.25) is 0 Å². The number of carbonyl (C=O) groups excluding carboxylic acids is 2. The Morgan fingerprint density at radius 3 is 2.52 bits per heavy atom. The van der Waals surface area contributed by atoms with Gasteiger partial charge in [0.2, 0.25) is 0 Å². The topological polar surface area (TPSA) is 55.4 Å². The Hall–Kier alpha value is -3.40. The maximum absolute atomic E-state index is 12.3. The van der Waals surface area contributed by atoms with Gasteiger partial charge in [-0.1, -0.05) is 42.5 Å². The van der Waals surface area contributed by atoms with E-state index in [9.17, 15) is 9.59 Å². The van der Waals surface area contributed by atoms with Gasteiger partial charge in [0.05, 0.1) is 0 Å². The summed E-state index contributed by atoms with van der Waals surface area (Å²) in [5, 5.41) is 2.86. The fourth-order valence-corrected chi connectivity index (χ4v) is 2.37. The lowest BCUT2D eigenvalue weighted by Gasteiger charge is -2.09. The number of amides is 1. The lowest BCUT2D eigenvalue weighted by Crippen LogP contribution is -2.12. The Morgan fingerprint density at radius 1 is 0.920 bits per heavy atom. The molecule has 0 spiro atoms. The number of rotatable bonds is 6. The zero-order chi connectivity index (χ0) is 17.5. The highest BCUT2D eigenvalue weighted by molar-refractivity contribution is 6.04. The summed E-state index contributed by atoms with van der Waals surface area (Å²) in [6, 6.07) is 23.5. The largest absolute Gasteiger partial charge is 0.489 e. The van der Waals surface area contributed by atoms with Crippen LogP contribution in [-0.4, -0.2) is 12.2 Å². The second-order valence-corrected chi connectivity index (χ2v) is 5.50. The summed E-state index contributed by atoms with van der Waals surface area (Å²) in [4.78, 5) is 23.1. The highest BCUT2D eigenvalue weighted by Gasteiger charge is 2.07. The maximum atomic E-state index is 12.3. The van der Waals surface area contributed by atoms with E-state index in [4.69, 9.17) is 4.74 Å². The van der Waals surface area contributed by atoms with Gasteiger partial charge >= 0.3 is 0 Å². The van der Waals surface area contributed by atoms with Crippen LogP contribution in [0.1, 0.15) is 26.3 Å². The third-order valence-corrected chi connectivity index (χ3v) is 3.62. The SMILES string of the molecule is O=Cc1cccc(OCc2cccc(C(=O)Nc3ccccc3)c2)c1. The van der Waals surface area contributed by atoms with Crippen LogP contribution in [0.15, 0.2) is 78.9 Å². The van der Waals surface area contributed by atoms with Crippen molar-refractivity contribution in [2.24, 2.45) is 0 Å². The molecular weight excluding hydrogens is 314 g/mol. The quantitative estimate of drug-likeness (QED) is 0.684. The second kappa shape index (κ2) is 7.93. The number of hydrogen-bond donors (Lipinski definition) is 1. The molecular formula is C21H17NO3. The molecule has 25 heavy (non-hydrogen) atoms. The Balaban J connectivity index is 1.66. The fourth-order valence-electron chi connectivity index (χ4n) is 2.37. The van der Waals surface area contributed by atoms with Gasteiger partial charge in [-0.05, 0) is 42.0 Å². The van der Waals surface area contributed by atoms with E-state index in [-0.39, 0.29) is 5.91 Å². The van der Waals surface area contributed by atoms with Gasteiger partial charge in [0.25, 0.3) is 5.91 Å². The number of nitrogens with one attached hydrogen (secondary N) is 1. The van der Waals surface area contributed by atoms with E-state index in [2.05, 4.69) is 5.32 Å². The number of aldehydes is 1. The van der Waals surface area contributed by atoms with Gasteiger partial charge in [-0.3, -0.25) is 9.59 Å². The summed E-state index contributed by atoms with van der Waals surface area (Å²) >= 11 is 0. The zero-order valence-electron chi connectivity index (χ0n) is 13.5. The Bertz CT molecular complexity index is 875. The molecule has 0 saturated carbocycles. The van der Waals surface area contributed by atoms with E-state index in [1.165, 1.54) is 0 Å². The predicted octanol–water partition coefficient (Wildman–Crippen LogP) is 4.33. The first-order valence-electron chi connectivity index (χ1n) is 7.88. The molecule has 0 aliphatic heterocycles. The van der Waals surface area contributed by atoms with Crippen molar-refractivity contribution in [1.82, 2.24) is 0 Å². The van der Waals surface area contributed by atoms with Crippen molar-refractivity contribution in [1.29, 1.82) is 0 Å². The average Bonchev–Trinajstić information content (AvgIpc) is 2.67. The van der Waals surface area contributed by atoms with E-state index < -0.39 is 0 Å². The van der Waals surface area contributed by atoms with Gasteiger partial charge in [-0.15, -0.1) is 0 Å². The Kier molecular flexibility index (Phi) is 5.22. The summed E-state index contributed by atoms with van der Waals surface area (Å²) in [7, 11) is 0. The number of para-hydroxylation sites is 1. The average molecular weight is 331 g/mol. The lowest BCUT2D eigenvalue weighted by atomic mass is 10.1. The third-order valence-electron chi connectivity index (χ3n) is 3.62.